The Balaban J connectivity index is 0.00000243. The van der Waals surface area contributed by atoms with Crippen molar-refractivity contribution in [1.82, 2.24) is 0 Å². The highest BCUT2D eigenvalue weighted by atomic mass is 35.5. The standard InChI is InChI=1S/C19H27ClN2O3.ClH/c1-4-9-24-15-8-7-12(11-14(15)20)22-17(23)19(21)13-6-5-10-25-16(13)18(19,2)3;/h7-8,11,13,16H,4-6,9-10,21H2,1-3H3,(H,22,23);1H. The maximum atomic E-state index is 13.0. The molecule has 5 nitrogen and oxygen atoms in total. The number of carbonyl (C=O) groups is 1. The van der Waals surface area contributed by atoms with Crippen LogP contribution in [0.5, 0.6) is 5.75 Å². The van der Waals surface area contributed by atoms with Crippen LogP contribution in [0, 0.1) is 11.3 Å². The van der Waals surface area contributed by atoms with Gasteiger partial charge >= 0.3 is 0 Å². The zero-order chi connectivity index (χ0) is 18.2. The van der Waals surface area contributed by atoms with E-state index in [0.717, 1.165) is 25.9 Å². The van der Waals surface area contributed by atoms with Crippen LogP contribution in [0.25, 0.3) is 0 Å². The maximum absolute atomic E-state index is 13.0. The number of rotatable bonds is 5. The van der Waals surface area contributed by atoms with Gasteiger partial charge in [0.1, 0.15) is 11.3 Å². The predicted molar refractivity (Wildman–Crippen MR) is 106 cm³/mol. The van der Waals surface area contributed by atoms with Gasteiger partial charge in [0.2, 0.25) is 5.91 Å². The van der Waals surface area contributed by atoms with Crippen LogP contribution < -0.4 is 15.8 Å². The zero-order valence-electron chi connectivity index (χ0n) is 15.5. The zero-order valence-corrected chi connectivity index (χ0v) is 17.1. The third-order valence-corrected chi connectivity index (χ3v) is 6.01. The Kier molecular flexibility index (Phi) is 6.49. The Hall–Kier alpha value is -1.01. The molecular formula is C19H28Cl2N2O3. The normalized spacial score (nSPS) is 29.0. The number of hydrogen-bond donors (Lipinski definition) is 2. The van der Waals surface area contributed by atoms with E-state index >= 15 is 0 Å². The number of amides is 1. The fraction of sp³-hybridized carbons (Fsp3) is 0.632. The van der Waals surface area contributed by atoms with Crippen LogP contribution in [0.15, 0.2) is 18.2 Å². The van der Waals surface area contributed by atoms with E-state index in [0.29, 0.717) is 23.1 Å². The fourth-order valence-corrected chi connectivity index (χ4v) is 4.41. The molecule has 1 saturated carbocycles. The quantitative estimate of drug-likeness (QED) is 0.779. The first-order chi connectivity index (χ1) is 11.8. The third-order valence-electron chi connectivity index (χ3n) is 5.71. The fourth-order valence-electron chi connectivity index (χ4n) is 4.18. The highest BCUT2D eigenvalue weighted by molar-refractivity contribution is 6.32. The largest absolute Gasteiger partial charge is 0.492 e. The van der Waals surface area contributed by atoms with Gasteiger partial charge in [0, 0.05) is 23.6 Å². The van der Waals surface area contributed by atoms with E-state index in [1.165, 1.54) is 0 Å². The summed E-state index contributed by atoms with van der Waals surface area (Å²) < 4.78 is 11.4. The smallest absolute Gasteiger partial charge is 0.245 e. The SMILES string of the molecule is CCCOc1ccc(NC(=O)C2(N)C3CCCOC3C2(C)C)cc1Cl.Cl. The molecule has 1 aliphatic heterocycles. The Bertz CT molecular complexity index is 668. The summed E-state index contributed by atoms with van der Waals surface area (Å²) in [5.41, 5.74) is 5.89. The molecule has 1 aliphatic carbocycles. The minimum Gasteiger partial charge on any atom is -0.492 e. The van der Waals surface area contributed by atoms with Gasteiger partial charge in [-0.15, -0.1) is 12.4 Å². The molecule has 2 aliphatic rings. The molecule has 26 heavy (non-hydrogen) atoms. The predicted octanol–water partition coefficient (Wildman–Crippen LogP) is 4.02. The van der Waals surface area contributed by atoms with Crippen molar-refractivity contribution in [3.05, 3.63) is 23.2 Å². The first kappa shape index (κ1) is 21.3. The van der Waals surface area contributed by atoms with E-state index in [1.54, 1.807) is 18.2 Å². The van der Waals surface area contributed by atoms with E-state index in [-0.39, 0.29) is 30.3 Å². The summed E-state index contributed by atoms with van der Waals surface area (Å²) >= 11 is 6.25. The number of ether oxygens (including phenoxy) is 2. The summed E-state index contributed by atoms with van der Waals surface area (Å²) in [5.74, 6) is 0.495. The van der Waals surface area contributed by atoms with Gasteiger partial charge in [0.05, 0.1) is 17.7 Å². The molecule has 1 saturated heterocycles. The molecule has 3 unspecified atom stereocenters. The first-order valence-corrected chi connectivity index (χ1v) is 9.34. The van der Waals surface area contributed by atoms with Crippen LogP contribution in [0.1, 0.15) is 40.0 Å². The van der Waals surface area contributed by atoms with Crippen molar-refractivity contribution in [2.24, 2.45) is 17.1 Å². The number of carbonyl (C=O) groups excluding carboxylic acids is 1. The van der Waals surface area contributed by atoms with Crippen LogP contribution in [0.4, 0.5) is 5.69 Å². The second-order valence-electron chi connectivity index (χ2n) is 7.58. The lowest BCUT2D eigenvalue weighted by Crippen LogP contribution is -2.81. The molecule has 1 aromatic carbocycles. The van der Waals surface area contributed by atoms with Crippen molar-refractivity contribution in [1.29, 1.82) is 0 Å². The average molecular weight is 403 g/mol. The van der Waals surface area contributed by atoms with Crippen LogP contribution in [0.2, 0.25) is 5.02 Å². The molecule has 0 aromatic heterocycles. The van der Waals surface area contributed by atoms with Crippen molar-refractivity contribution in [3.63, 3.8) is 0 Å². The third kappa shape index (κ3) is 3.31. The van der Waals surface area contributed by atoms with Crippen molar-refractivity contribution in [2.75, 3.05) is 18.5 Å². The van der Waals surface area contributed by atoms with E-state index in [2.05, 4.69) is 5.32 Å². The van der Waals surface area contributed by atoms with E-state index in [9.17, 15) is 4.79 Å². The van der Waals surface area contributed by atoms with Gasteiger partial charge in [0.15, 0.2) is 0 Å². The second kappa shape index (κ2) is 7.93. The Morgan fingerprint density at radius 1 is 1.46 bits per heavy atom. The monoisotopic (exact) mass is 402 g/mol. The minimum atomic E-state index is -0.943. The summed E-state index contributed by atoms with van der Waals surface area (Å²) in [6, 6.07) is 5.27. The summed E-state index contributed by atoms with van der Waals surface area (Å²) in [5, 5.41) is 3.41. The molecule has 7 heteroatoms. The number of benzene rings is 1. The molecule has 3 rings (SSSR count). The molecular weight excluding hydrogens is 375 g/mol. The molecule has 0 bridgehead atoms. The average Bonchev–Trinajstić information content (AvgIpc) is 2.60. The summed E-state index contributed by atoms with van der Waals surface area (Å²) in [6.45, 7) is 7.40. The van der Waals surface area contributed by atoms with Crippen molar-refractivity contribution in [3.8, 4) is 5.75 Å². The number of nitrogens with two attached hydrogens (primary N) is 1. The molecule has 146 valence electrons. The molecule has 3 atom stereocenters. The van der Waals surface area contributed by atoms with Crippen LogP contribution >= 0.6 is 24.0 Å². The number of hydrogen-bond acceptors (Lipinski definition) is 4. The van der Waals surface area contributed by atoms with Crippen LogP contribution in [-0.4, -0.2) is 30.8 Å². The molecule has 1 aromatic rings. The first-order valence-electron chi connectivity index (χ1n) is 8.96. The summed E-state index contributed by atoms with van der Waals surface area (Å²) in [6.07, 6.45) is 2.82. The number of anilines is 1. The highest BCUT2D eigenvalue weighted by Gasteiger charge is 2.70. The van der Waals surface area contributed by atoms with Crippen molar-refractivity contribution in [2.45, 2.75) is 51.7 Å². The van der Waals surface area contributed by atoms with Gasteiger partial charge in [-0.2, -0.15) is 0 Å². The Morgan fingerprint density at radius 3 is 2.85 bits per heavy atom. The molecule has 0 spiro atoms. The van der Waals surface area contributed by atoms with Crippen LogP contribution in [0.3, 0.4) is 0 Å². The lowest BCUT2D eigenvalue weighted by molar-refractivity contribution is -0.222. The number of halogens is 2. The van der Waals surface area contributed by atoms with E-state index < -0.39 is 11.0 Å². The van der Waals surface area contributed by atoms with Gasteiger partial charge in [-0.3, -0.25) is 4.79 Å². The molecule has 0 radical (unpaired) electrons. The summed E-state index contributed by atoms with van der Waals surface area (Å²) in [4.78, 5) is 13.0. The second-order valence-corrected chi connectivity index (χ2v) is 7.99. The van der Waals surface area contributed by atoms with Crippen molar-refractivity contribution < 1.29 is 14.3 Å². The maximum Gasteiger partial charge on any atom is 0.245 e. The molecule has 3 N–H and O–H groups in total. The van der Waals surface area contributed by atoms with Gasteiger partial charge in [0.25, 0.3) is 0 Å². The lowest BCUT2D eigenvalue weighted by atomic mass is 9.46. The number of nitrogens with one attached hydrogen (secondary N) is 1. The molecule has 1 amide bonds. The number of fused-ring (bicyclic) bond motifs is 1. The molecule has 2 fully saturated rings. The van der Waals surface area contributed by atoms with Crippen molar-refractivity contribution >= 4 is 35.6 Å². The molecule has 1 heterocycles. The Morgan fingerprint density at radius 2 is 2.19 bits per heavy atom. The van der Waals surface area contributed by atoms with E-state index in [1.807, 2.05) is 20.8 Å². The van der Waals surface area contributed by atoms with Crippen LogP contribution in [-0.2, 0) is 9.53 Å². The van der Waals surface area contributed by atoms with Gasteiger partial charge < -0.3 is 20.5 Å². The summed E-state index contributed by atoms with van der Waals surface area (Å²) in [7, 11) is 0. The topological polar surface area (TPSA) is 73.6 Å². The minimum absolute atomic E-state index is 0. The van der Waals surface area contributed by atoms with Gasteiger partial charge in [-0.1, -0.05) is 32.4 Å². The Labute approximate surface area is 166 Å². The highest BCUT2D eigenvalue weighted by Crippen LogP contribution is 2.57. The van der Waals surface area contributed by atoms with E-state index in [4.69, 9.17) is 26.8 Å². The lowest BCUT2D eigenvalue weighted by Gasteiger charge is -2.65. The van der Waals surface area contributed by atoms with Gasteiger partial charge in [-0.05, 0) is 37.5 Å². The van der Waals surface area contributed by atoms with Gasteiger partial charge in [-0.25, -0.2) is 0 Å².